The Bertz CT molecular complexity index is 547. The highest BCUT2D eigenvalue weighted by molar-refractivity contribution is 8.00. The minimum atomic E-state index is -0.0639. The Hall–Kier alpha value is -1.49. The highest BCUT2D eigenvalue weighted by atomic mass is 32.2. The van der Waals surface area contributed by atoms with Crippen LogP contribution in [0.1, 0.15) is 32.8 Å². The quantitative estimate of drug-likeness (QED) is 0.820. The molecule has 0 aromatic heterocycles. The Kier molecular flexibility index (Phi) is 5.89. The van der Waals surface area contributed by atoms with Crippen LogP contribution in [0.5, 0.6) is 0 Å². The van der Waals surface area contributed by atoms with E-state index in [0.29, 0.717) is 6.54 Å². The van der Waals surface area contributed by atoms with Gasteiger partial charge in [-0.05, 0) is 44.1 Å². The van der Waals surface area contributed by atoms with Crippen molar-refractivity contribution in [2.24, 2.45) is 0 Å². The molecule has 0 saturated heterocycles. The second-order valence-corrected chi connectivity index (χ2v) is 7.19. The van der Waals surface area contributed by atoms with Gasteiger partial charge >= 0.3 is 0 Å². The van der Waals surface area contributed by atoms with Crippen molar-refractivity contribution in [2.75, 3.05) is 17.2 Å². The number of nitrogens with zero attached hydrogens (tertiary/aromatic N) is 1. The number of amides is 2. The van der Waals surface area contributed by atoms with Crippen molar-refractivity contribution in [3.05, 3.63) is 29.8 Å². The maximum absolute atomic E-state index is 12.7. The lowest BCUT2D eigenvalue weighted by Gasteiger charge is -2.25. The van der Waals surface area contributed by atoms with Gasteiger partial charge in [0.05, 0.1) is 5.25 Å². The van der Waals surface area contributed by atoms with Crippen LogP contribution < -0.4 is 10.2 Å². The number of anilines is 1. The first-order chi connectivity index (χ1) is 10.5. The van der Waals surface area contributed by atoms with Crippen LogP contribution in [-0.2, 0) is 16.0 Å². The Morgan fingerprint density at radius 2 is 2.14 bits per heavy atom. The molecule has 1 aromatic carbocycles. The summed E-state index contributed by atoms with van der Waals surface area (Å²) in [5.74, 6) is 1.05. The molecule has 0 saturated carbocycles. The first-order valence-corrected chi connectivity index (χ1v) is 8.82. The number of fused-ring (bicyclic) bond motifs is 1. The molecule has 22 heavy (non-hydrogen) atoms. The molecule has 0 bridgehead atoms. The van der Waals surface area contributed by atoms with E-state index in [1.165, 1.54) is 12.5 Å². The Morgan fingerprint density at radius 3 is 2.86 bits per heavy atom. The van der Waals surface area contributed by atoms with Crippen LogP contribution in [0.25, 0.3) is 0 Å². The molecule has 0 radical (unpaired) electrons. The van der Waals surface area contributed by atoms with E-state index in [-0.39, 0.29) is 23.1 Å². The number of rotatable bonds is 6. The lowest BCUT2D eigenvalue weighted by atomic mass is 10.1. The van der Waals surface area contributed by atoms with Crippen molar-refractivity contribution in [2.45, 2.75) is 44.9 Å². The van der Waals surface area contributed by atoms with Gasteiger partial charge in [0.25, 0.3) is 0 Å². The van der Waals surface area contributed by atoms with E-state index in [9.17, 15) is 9.59 Å². The van der Waals surface area contributed by atoms with Gasteiger partial charge < -0.3 is 10.2 Å². The van der Waals surface area contributed by atoms with E-state index in [0.717, 1.165) is 24.3 Å². The molecular formula is C17H24N2O2S. The van der Waals surface area contributed by atoms with Crippen molar-refractivity contribution in [3.63, 3.8) is 0 Å². The molecule has 1 aliphatic heterocycles. The van der Waals surface area contributed by atoms with Crippen molar-refractivity contribution in [3.8, 4) is 0 Å². The number of hydrogen-bond acceptors (Lipinski definition) is 3. The van der Waals surface area contributed by atoms with Gasteiger partial charge in [0.15, 0.2) is 0 Å². The number of thioether (sulfide) groups is 1. The van der Waals surface area contributed by atoms with Crippen LogP contribution in [0.2, 0.25) is 0 Å². The molecule has 0 fully saturated rings. The molecular weight excluding hydrogens is 296 g/mol. The summed E-state index contributed by atoms with van der Waals surface area (Å²) in [5.41, 5.74) is 2.32. The van der Waals surface area contributed by atoms with Crippen LogP contribution in [0, 0.1) is 0 Å². The highest BCUT2D eigenvalue weighted by Gasteiger charge is 2.32. The molecule has 1 heterocycles. The summed E-state index contributed by atoms with van der Waals surface area (Å²) in [7, 11) is 0. The van der Waals surface area contributed by atoms with Crippen molar-refractivity contribution in [1.82, 2.24) is 5.32 Å². The molecule has 120 valence electrons. The molecule has 2 atom stereocenters. The zero-order chi connectivity index (χ0) is 16.1. The normalized spacial score (nSPS) is 18.0. The fourth-order valence-corrected chi connectivity index (χ4v) is 3.69. The zero-order valence-electron chi connectivity index (χ0n) is 13.5. The van der Waals surface area contributed by atoms with E-state index >= 15 is 0 Å². The van der Waals surface area contributed by atoms with Gasteiger partial charge in [-0.25, -0.2) is 0 Å². The lowest BCUT2D eigenvalue weighted by molar-refractivity contribution is -0.119. The van der Waals surface area contributed by atoms with E-state index in [1.807, 2.05) is 30.0 Å². The Labute approximate surface area is 136 Å². The summed E-state index contributed by atoms with van der Waals surface area (Å²) in [6.07, 6.45) is 1.82. The average Bonchev–Trinajstić information content (AvgIpc) is 2.81. The molecule has 4 nitrogen and oxygen atoms in total. The van der Waals surface area contributed by atoms with Gasteiger partial charge in [0, 0.05) is 25.2 Å². The molecule has 1 aliphatic rings. The van der Waals surface area contributed by atoms with Crippen molar-refractivity contribution < 1.29 is 9.59 Å². The SMILES string of the molecule is CC(=O)NCCCS[C@H](C)C(=O)N1c2ccccc2C[C@H]1C. The second kappa shape index (κ2) is 7.68. The fourth-order valence-electron chi connectivity index (χ4n) is 2.77. The van der Waals surface area contributed by atoms with Crippen LogP contribution in [-0.4, -0.2) is 35.4 Å². The summed E-state index contributed by atoms with van der Waals surface area (Å²) in [6, 6.07) is 8.38. The Morgan fingerprint density at radius 1 is 1.41 bits per heavy atom. The minimum absolute atomic E-state index is 0.00313. The smallest absolute Gasteiger partial charge is 0.240 e. The van der Waals surface area contributed by atoms with E-state index in [1.54, 1.807) is 11.8 Å². The van der Waals surface area contributed by atoms with E-state index in [4.69, 9.17) is 0 Å². The van der Waals surface area contributed by atoms with Crippen LogP contribution in [0.15, 0.2) is 24.3 Å². The standard InChI is InChI=1S/C17H24N2O2S/c1-12-11-15-7-4-5-8-16(15)19(12)17(21)13(2)22-10-6-9-18-14(3)20/h4-5,7-8,12-13H,6,9-11H2,1-3H3,(H,18,20)/t12-,13-/m1/s1. The average molecular weight is 320 g/mol. The van der Waals surface area contributed by atoms with Crippen LogP contribution >= 0.6 is 11.8 Å². The van der Waals surface area contributed by atoms with Gasteiger partial charge in [-0.1, -0.05) is 18.2 Å². The van der Waals surface area contributed by atoms with Gasteiger partial charge in [0.1, 0.15) is 0 Å². The van der Waals surface area contributed by atoms with Crippen molar-refractivity contribution >= 4 is 29.3 Å². The fraction of sp³-hybridized carbons (Fsp3) is 0.529. The number of nitrogens with one attached hydrogen (secondary N) is 1. The third-order valence-corrected chi connectivity index (χ3v) is 5.08. The minimum Gasteiger partial charge on any atom is -0.356 e. The predicted octanol–water partition coefficient (Wildman–Crippen LogP) is 2.61. The molecule has 0 aliphatic carbocycles. The number of para-hydroxylation sites is 1. The predicted molar refractivity (Wildman–Crippen MR) is 92.3 cm³/mol. The Balaban J connectivity index is 1.87. The zero-order valence-corrected chi connectivity index (χ0v) is 14.3. The van der Waals surface area contributed by atoms with Crippen LogP contribution in [0.4, 0.5) is 5.69 Å². The molecule has 0 unspecified atom stereocenters. The second-order valence-electron chi connectivity index (χ2n) is 5.74. The van der Waals surface area contributed by atoms with Gasteiger partial charge in [0.2, 0.25) is 11.8 Å². The van der Waals surface area contributed by atoms with Crippen molar-refractivity contribution in [1.29, 1.82) is 0 Å². The van der Waals surface area contributed by atoms with E-state index < -0.39 is 0 Å². The monoisotopic (exact) mass is 320 g/mol. The third-order valence-electron chi connectivity index (χ3n) is 3.86. The summed E-state index contributed by atoms with van der Waals surface area (Å²) in [5, 5.41) is 2.71. The highest BCUT2D eigenvalue weighted by Crippen LogP contribution is 2.33. The molecule has 2 amide bonds. The summed E-state index contributed by atoms with van der Waals surface area (Å²) in [4.78, 5) is 25.5. The molecule has 1 N–H and O–H groups in total. The molecule has 1 aromatic rings. The largest absolute Gasteiger partial charge is 0.356 e. The summed E-state index contributed by atoms with van der Waals surface area (Å²) in [6.45, 7) is 6.27. The van der Waals surface area contributed by atoms with Gasteiger partial charge in [-0.3, -0.25) is 9.59 Å². The maximum Gasteiger partial charge on any atom is 0.240 e. The molecule has 0 spiro atoms. The topological polar surface area (TPSA) is 49.4 Å². The first-order valence-electron chi connectivity index (χ1n) is 7.77. The lowest BCUT2D eigenvalue weighted by Crippen LogP contribution is -2.40. The number of carbonyl (C=O) groups is 2. The van der Waals surface area contributed by atoms with Crippen LogP contribution in [0.3, 0.4) is 0 Å². The van der Waals surface area contributed by atoms with Gasteiger partial charge in [-0.15, -0.1) is 11.8 Å². The summed E-state index contributed by atoms with van der Waals surface area (Å²) < 4.78 is 0. The maximum atomic E-state index is 12.7. The third kappa shape index (κ3) is 4.03. The number of hydrogen-bond donors (Lipinski definition) is 1. The molecule has 2 rings (SSSR count). The first kappa shape index (κ1) is 16.9. The number of benzene rings is 1. The number of carbonyl (C=O) groups excluding carboxylic acids is 2. The van der Waals surface area contributed by atoms with E-state index in [2.05, 4.69) is 18.3 Å². The molecule has 5 heteroatoms. The summed E-state index contributed by atoms with van der Waals surface area (Å²) >= 11 is 1.66. The van der Waals surface area contributed by atoms with Gasteiger partial charge in [-0.2, -0.15) is 0 Å².